The van der Waals surface area contributed by atoms with Crippen molar-refractivity contribution in [3.8, 4) is 5.75 Å². The molecule has 3 rings (SSSR count). The molecule has 1 aliphatic rings. The van der Waals surface area contributed by atoms with E-state index in [1.807, 2.05) is 24.3 Å². The van der Waals surface area contributed by atoms with Crippen LogP contribution in [0, 0.1) is 0 Å². The van der Waals surface area contributed by atoms with Gasteiger partial charge in [0.1, 0.15) is 12.4 Å². The Morgan fingerprint density at radius 1 is 0.913 bits per heavy atom. The maximum Gasteiger partial charge on any atom is 0.120 e. The van der Waals surface area contributed by atoms with E-state index in [9.17, 15) is 0 Å². The molecule has 0 aromatic heterocycles. The van der Waals surface area contributed by atoms with Gasteiger partial charge in [0.15, 0.2) is 0 Å². The van der Waals surface area contributed by atoms with Crippen LogP contribution in [-0.4, -0.2) is 6.54 Å². The Labute approximate surface area is 138 Å². The van der Waals surface area contributed by atoms with Gasteiger partial charge in [0.2, 0.25) is 0 Å². The lowest BCUT2D eigenvalue weighted by molar-refractivity contribution is 0.306. The van der Waals surface area contributed by atoms with Crippen LogP contribution >= 0.6 is 0 Å². The summed E-state index contributed by atoms with van der Waals surface area (Å²) in [5, 5.41) is 3.48. The Balaban J connectivity index is 1.49. The predicted molar refractivity (Wildman–Crippen MR) is 95.4 cm³/mol. The molecule has 2 aromatic rings. The van der Waals surface area contributed by atoms with Crippen LogP contribution in [0.4, 0.5) is 0 Å². The van der Waals surface area contributed by atoms with E-state index in [0.717, 1.165) is 31.6 Å². The first-order valence-electron chi connectivity index (χ1n) is 8.26. The summed E-state index contributed by atoms with van der Waals surface area (Å²) in [6, 6.07) is 18.6. The minimum absolute atomic E-state index is 0.611. The van der Waals surface area contributed by atoms with Gasteiger partial charge in [-0.3, -0.25) is 0 Å². The van der Waals surface area contributed by atoms with Gasteiger partial charge < -0.3 is 10.1 Å². The Kier molecular flexibility index (Phi) is 5.52. The van der Waals surface area contributed by atoms with Gasteiger partial charge >= 0.3 is 0 Å². The van der Waals surface area contributed by atoms with Crippen molar-refractivity contribution in [2.24, 2.45) is 0 Å². The van der Waals surface area contributed by atoms with Crippen LogP contribution < -0.4 is 10.1 Å². The predicted octanol–water partition coefficient (Wildman–Crippen LogP) is 4.63. The summed E-state index contributed by atoms with van der Waals surface area (Å²) >= 11 is 0. The number of nitrogens with one attached hydrogen (secondary N) is 1. The van der Waals surface area contributed by atoms with E-state index in [1.165, 1.54) is 16.8 Å². The first-order chi connectivity index (χ1) is 11.4. The van der Waals surface area contributed by atoms with Crippen LogP contribution in [0.15, 0.2) is 78.5 Å². The summed E-state index contributed by atoms with van der Waals surface area (Å²) in [5.74, 6) is 0.933. The van der Waals surface area contributed by atoms with Gasteiger partial charge in [0, 0.05) is 12.2 Å². The van der Waals surface area contributed by atoms with Crippen molar-refractivity contribution >= 4 is 0 Å². The molecule has 118 valence electrons. The van der Waals surface area contributed by atoms with Crippen molar-refractivity contribution in [3.63, 3.8) is 0 Å². The molecule has 0 spiro atoms. The average Bonchev–Trinajstić information content (AvgIpc) is 2.62. The molecule has 2 aromatic carbocycles. The largest absolute Gasteiger partial charge is 0.489 e. The highest BCUT2D eigenvalue weighted by Gasteiger charge is 2.00. The molecule has 1 aliphatic carbocycles. The fraction of sp³-hybridized carbons (Fsp3) is 0.238. The SMILES string of the molecule is C1=CC(NCCc2cccc(OCc3ccccc3)c2)=CCC1. The number of hydrogen-bond acceptors (Lipinski definition) is 2. The van der Waals surface area contributed by atoms with Crippen molar-refractivity contribution in [3.05, 3.63) is 89.6 Å². The quantitative estimate of drug-likeness (QED) is 0.805. The standard InChI is InChI=1S/C21H23NO/c1-3-8-19(9-4-1)17-23-21-13-7-10-18(16-21)14-15-22-20-11-5-2-6-12-20/h1,3-5,7-13,16,22H,2,6,14-15,17H2. The minimum atomic E-state index is 0.611. The molecule has 23 heavy (non-hydrogen) atoms. The maximum absolute atomic E-state index is 5.89. The van der Waals surface area contributed by atoms with Crippen LogP contribution in [0.5, 0.6) is 5.75 Å². The molecule has 0 unspecified atom stereocenters. The number of rotatable bonds is 7. The van der Waals surface area contributed by atoms with Crippen molar-refractivity contribution < 1.29 is 4.74 Å². The Bertz CT molecular complexity index is 673. The molecule has 0 heterocycles. The van der Waals surface area contributed by atoms with Gasteiger partial charge in [-0.05, 0) is 48.6 Å². The summed E-state index contributed by atoms with van der Waals surface area (Å²) in [6.07, 6.45) is 9.95. The highest BCUT2D eigenvalue weighted by Crippen LogP contribution is 2.16. The second kappa shape index (κ2) is 8.23. The third-order valence-corrected chi connectivity index (χ3v) is 3.88. The molecule has 2 heteroatoms. The van der Waals surface area contributed by atoms with Crippen LogP contribution in [0.2, 0.25) is 0 Å². The van der Waals surface area contributed by atoms with Crippen LogP contribution in [-0.2, 0) is 13.0 Å². The molecule has 0 saturated heterocycles. The molecule has 2 nitrogen and oxygen atoms in total. The van der Waals surface area contributed by atoms with E-state index < -0.39 is 0 Å². The lowest BCUT2D eigenvalue weighted by atomic mass is 10.1. The maximum atomic E-state index is 5.89. The normalized spacial score (nSPS) is 13.5. The minimum Gasteiger partial charge on any atom is -0.489 e. The number of hydrogen-bond donors (Lipinski definition) is 1. The van der Waals surface area contributed by atoms with Crippen LogP contribution in [0.25, 0.3) is 0 Å². The third-order valence-electron chi connectivity index (χ3n) is 3.88. The van der Waals surface area contributed by atoms with Gasteiger partial charge in [0.05, 0.1) is 0 Å². The molecule has 1 N–H and O–H groups in total. The fourth-order valence-corrected chi connectivity index (χ4v) is 2.63. The van der Waals surface area contributed by atoms with E-state index in [1.54, 1.807) is 0 Å². The average molecular weight is 305 g/mol. The van der Waals surface area contributed by atoms with Gasteiger partial charge in [-0.1, -0.05) is 54.6 Å². The first kappa shape index (κ1) is 15.4. The molecular formula is C21H23NO. The van der Waals surface area contributed by atoms with E-state index in [-0.39, 0.29) is 0 Å². The van der Waals surface area contributed by atoms with Crippen molar-refractivity contribution in [2.75, 3.05) is 6.54 Å². The lowest BCUT2D eigenvalue weighted by Gasteiger charge is -2.11. The van der Waals surface area contributed by atoms with Crippen molar-refractivity contribution in [2.45, 2.75) is 25.9 Å². The van der Waals surface area contributed by atoms with Gasteiger partial charge in [-0.25, -0.2) is 0 Å². The Morgan fingerprint density at radius 2 is 1.78 bits per heavy atom. The molecule has 0 fully saturated rings. The second-order valence-electron chi connectivity index (χ2n) is 5.74. The molecule has 0 radical (unpaired) electrons. The van der Waals surface area contributed by atoms with Crippen LogP contribution in [0.3, 0.4) is 0 Å². The Morgan fingerprint density at radius 3 is 2.61 bits per heavy atom. The van der Waals surface area contributed by atoms with Crippen molar-refractivity contribution in [1.82, 2.24) is 5.32 Å². The smallest absolute Gasteiger partial charge is 0.120 e. The van der Waals surface area contributed by atoms with E-state index >= 15 is 0 Å². The number of ether oxygens (including phenoxy) is 1. The monoisotopic (exact) mass is 305 g/mol. The van der Waals surface area contributed by atoms with E-state index in [2.05, 4.69) is 53.9 Å². The highest BCUT2D eigenvalue weighted by molar-refractivity contribution is 5.29. The summed E-state index contributed by atoms with van der Waals surface area (Å²) in [7, 11) is 0. The zero-order valence-corrected chi connectivity index (χ0v) is 13.4. The first-order valence-corrected chi connectivity index (χ1v) is 8.26. The highest BCUT2D eigenvalue weighted by atomic mass is 16.5. The van der Waals surface area contributed by atoms with Crippen LogP contribution in [0.1, 0.15) is 24.0 Å². The molecule has 0 aliphatic heterocycles. The molecule has 0 bridgehead atoms. The zero-order valence-electron chi connectivity index (χ0n) is 13.4. The van der Waals surface area contributed by atoms with Gasteiger partial charge in [0.25, 0.3) is 0 Å². The number of benzene rings is 2. The second-order valence-corrected chi connectivity index (χ2v) is 5.74. The number of allylic oxidation sites excluding steroid dienone is 3. The third kappa shape index (κ3) is 5.03. The molecule has 0 atom stereocenters. The topological polar surface area (TPSA) is 21.3 Å². The zero-order chi connectivity index (χ0) is 15.7. The van der Waals surface area contributed by atoms with Gasteiger partial charge in [-0.15, -0.1) is 0 Å². The van der Waals surface area contributed by atoms with E-state index in [4.69, 9.17) is 4.74 Å². The van der Waals surface area contributed by atoms with E-state index in [0.29, 0.717) is 6.61 Å². The fourth-order valence-electron chi connectivity index (χ4n) is 2.63. The summed E-state index contributed by atoms with van der Waals surface area (Å²) in [5.41, 5.74) is 3.73. The van der Waals surface area contributed by atoms with Gasteiger partial charge in [-0.2, -0.15) is 0 Å². The molecule has 0 saturated carbocycles. The van der Waals surface area contributed by atoms with Crippen molar-refractivity contribution in [1.29, 1.82) is 0 Å². The Hall–Kier alpha value is -2.48. The molecule has 0 amide bonds. The summed E-state index contributed by atoms with van der Waals surface area (Å²) in [6.45, 7) is 1.55. The summed E-state index contributed by atoms with van der Waals surface area (Å²) in [4.78, 5) is 0. The molecular weight excluding hydrogens is 282 g/mol. The summed E-state index contributed by atoms with van der Waals surface area (Å²) < 4.78 is 5.89. The lowest BCUT2D eigenvalue weighted by Crippen LogP contribution is -2.16.